The molecule has 0 spiro atoms. The van der Waals surface area contributed by atoms with Gasteiger partial charge in [-0.3, -0.25) is 52.1 Å². The highest BCUT2D eigenvalue weighted by molar-refractivity contribution is 7.61. The van der Waals surface area contributed by atoms with E-state index < -0.39 is 160 Å². The molecule has 0 bridgehead atoms. The summed E-state index contributed by atoms with van der Waals surface area (Å²) in [6.07, 6.45) is 7.45. The summed E-state index contributed by atoms with van der Waals surface area (Å²) in [4.78, 5) is 199. The minimum Gasteiger partial charge on any atom is -0.456 e. The van der Waals surface area contributed by atoms with Crippen molar-refractivity contribution < 1.29 is 114 Å². The molecule has 0 saturated heterocycles. The molecule has 698 valence electrons. The smallest absolute Gasteiger partial charge is 0.456 e. The van der Waals surface area contributed by atoms with E-state index in [1.807, 2.05) is 20.8 Å². The van der Waals surface area contributed by atoms with Crippen LogP contribution in [0.5, 0.6) is 0 Å². The molecule has 39 nitrogen and oxygen atoms in total. The minimum atomic E-state index is -5.08. The van der Waals surface area contributed by atoms with Gasteiger partial charge >= 0.3 is 45.8 Å². The van der Waals surface area contributed by atoms with Crippen molar-refractivity contribution in [2.45, 2.75) is 266 Å². The van der Waals surface area contributed by atoms with Gasteiger partial charge in [-0.1, -0.05) is 140 Å². The normalized spacial score (nSPS) is 21.1. The van der Waals surface area contributed by atoms with E-state index >= 15 is 0 Å². The molecule has 4 rings (SSSR count). The number of primary amides is 1. The molecule has 2 heterocycles. The summed E-state index contributed by atoms with van der Waals surface area (Å²) in [5.74, 6) is -8.59. The average molecular weight is 1800 g/mol. The van der Waals surface area contributed by atoms with Crippen LogP contribution in [0.3, 0.4) is 0 Å². The van der Waals surface area contributed by atoms with Gasteiger partial charge in [0, 0.05) is 82.9 Å². The van der Waals surface area contributed by atoms with Crippen molar-refractivity contribution in [1.29, 1.82) is 0 Å². The zero-order chi connectivity index (χ0) is 92.9. The number of hydrogen-bond acceptors (Lipinski definition) is 24. The van der Waals surface area contributed by atoms with Gasteiger partial charge in [0.25, 0.3) is 5.91 Å². The molecule has 13 N–H and O–H groups in total. The number of hydrogen-bond donors (Lipinski definition) is 12. The molecule has 41 heteroatoms. The molecule has 1 aliphatic rings. The number of ether oxygens (including phenoxy) is 4. The number of alkyl carbamates (subject to hydrolysis) is 2. The van der Waals surface area contributed by atoms with E-state index in [9.17, 15) is 81.2 Å². The number of cyclic esters (lactones) is 2. The first-order valence-electron chi connectivity index (χ1n) is 42.7. The number of rotatable bonds is 44. The molecule has 0 aliphatic carbocycles. The number of carbonyl (C=O) groups excluding carboxylic acids is 13. The van der Waals surface area contributed by atoms with E-state index in [0.29, 0.717) is 80.3 Å². The number of benzene rings is 2. The summed E-state index contributed by atoms with van der Waals surface area (Å²) in [7, 11) is -7.38. The van der Waals surface area contributed by atoms with Crippen molar-refractivity contribution in [2.24, 2.45) is 29.4 Å². The SMILES string of the molecule is C/C=C(\C)C1OC(=O)[C@@H](C)NC(=O)[C@H](C(C)CC)NC(=O)CN(C)C(=O)[C@@H](Cc2ccccc2)N(C)C(=O)[C@H](C)NC(=O)[C@@H](CC(C)C)OC(=O)/C(C)=C/C[C@H](OC(=O)NCCCCCCCOP(=O)(O)OP(=O)(O)OCCCCCNC(=O)OCc2ccc(NC(=O)[C@@H](CCCNC(N)=O)NC(=O)[C@H](NC(=O)CCCCCn3ccnn3)C(C)C)cc2)[C@@H]1C. The Morgan fingerprint density at radius 1 is 0.712 bits per heavy atom. The van der Waals surface area contributed by atoms with Crippen molar-refractivity contribution in [3.63, 3.8) is 0 Å². The van der Waals surface area contributed by atoms with Crippen LogP contribution in [0.15, 0.2) is 90.3 Å². The highest BCUT2D eigenvalue weighted by Gasteiger charge is 2.40. The van der Waals surface area contributed by atoms with Crippen LogP contribution in [0.25, 0.3) is 0 Å². The molecular formula is C84H133N15O24P2. The number of phosphoric acid groups is 2. The third-order valence-corrected chi connectivity index (χ3v) is 23.3. The molecular weight excluding hydrogens is 1660 g/mol. The van der Waals surface area contributed by atoms with Crippen LogP contribution in [-0.4, -0.2) is 220 Å². The molecule has 13 atom stereocenters. The van der Waals surface area contributed by atoms with E-state index in [0.717, 1.165) is 17.7 Å². The van der Waals surface area contributed by atoms with Gasteiger partial charge < -0.3 is 92.1 Å². The second kappa shape index (κ2) is 56.0. The zero-order valence-electron chi connectivity index (χ0n) is 74.5. The fraction of sp³-hybridized carbons (Fsp3) is 0.631. The van der Waals surface area contributed by atoms with Crippen LogP contribution >= 0.6 is 15.6 Å². The minimum absolute atomic E-state index is 0.0113. The molecule has 1 aliphatic heterocycles. The lowest BCUT2D eigenvalue weighted by molar-refractivity contribution is -0.155. The molecule has 4 unspecified atom stereocenters. The van der Waals surface area contributed by atoms with Crippen LogP contribution in [0.1, 0.15) is 203 Å². The number of aromatic nitrogens is 3. The van der Waals surface area contributed by atoms with Crippen molar-refractivity contribution in [3.05, 3.63) is 101 Å². The Morgan fingerprint density at radius 2 is 1.32 bits per heavy atom. The third-order valence-electron chi connectivity index (χ3n) is 20.7. The Kier molecular flexibility index (Phi) is 48.0. The number of unbranched alkanes of at least 4 members (excludes halogenated alkanes) is 8. The predicted molar refractivity (Wildman–Crippen MR) is 462 cm³/mol. The Bertz CT molecular complexity index is 4120. The van der Waals surface area contributed by atoms with E-state index in [2.05, 4.69) is 62.5 Å². The second-order valence-corrected chi connectivity index (χ2v) is 35.0. The maximum absolute atomic E-state index is 14.4. The highest BCUT2D eigenvalue weighted by atomic mass is 31.3. The number of amides is 12. The number of esters is 2. The summed E-state index contributed by atoms with van der Waals surface area (Å²) >= 11 is 0. The molecule has 0 fully saturated rings. The molecule has 0 saturated carbocycles. The molecule has 3 aromatic rings. The van der Waals surface area contributed by atoms with Crippen LogP contribution in [0.4, 0.5) is 20.1 Å². The second-order valence-electron chi connectivity index (χ2n) is 32.0. The molecule has 12 amide bonds. The number of nitrogens with one attached hydrogen (secondary N) is 9. The quantitative estimate of drug-likeness (QED) is 0.00835. The van der Waals surface area contributed by atoms with Crippen molar-refractivity contribution in [3.8, 4) is 0 Å². The topological polar surface area (TPSA) is 533 Å². The van der Waals surface area contributed by atoms with E-state index in [1.54, 1.807) is 119 Å². The Morgan fingerprint density at radius 3 is 1.93 bits per heavy atom. The lowest BCUT2D eigenvalue weighted by atomic mass is 9.90. The van der Waals surface area contributed by atoms with Crippen LogP contribution in [0.2, 0.25) is 0 Å². The number of nitrogens with two attached hydrogens (primary N) is 1. The summed E-state index contributed by atoms with van der Waals surface area (Å²) in [6, 6.07) is 7.55. The molecule has 125 heavy (non-hydrogen) atoms. The predicted octanol–water partition coefficient (Wildman–Crippen LogP) is 8.13. The van der Waals surface area contributed by atoms with E-state index in [-0.39, 0.29) is 114 Å². The summed E-state index contributed by atoms with van der Waals surface area (Å²) in [5, 5.41) is 31.8. The van der Waals surface area contributed by atoms with Crippen molar-refractivity contribution in [1.82, 2.24) is 67.3 Å². The number of urea groups is 1. The van der Waals surface area contributed by atoms with Gasteiger partial charge in [0.2, 0.25) is 41.4 Å². The van der Waals surface area contributed by atoms with E-state index in [4.69, 9.17) is 33.7 Å². The number of nitrogens with zero attached hydrogens (tertiary/aromatic N) is 5. The maximum Gasteiger partial charge on any atom is 0.481 e. The fourth-order valence-corrected chi connectivity index (χ4v) is 15.1. The van der Waals surface area contributed by atoms with Crippen molar-refractivity contribution >= 4 is 98.7 Å². The molecule has 0 radical (unpaired) electrons. The van der Waals surface area contributed by atoms with Gasteiger partial charge in [0.05, 0.1) is 26.0 Å². The first kappa shape index (κ1) is 107. The number of carbonyl (C=O) groups is 13. The largest absolute Gasteiger partial charge is 0.481 e. The third kappa shape index (κ3) is 41.2. The number of anilines is 1. The van der Waals surface area contributed by atoms with Gasteiger partial charge in [-0.25, -0.2) is 33.1 Å². The van der Waals surface area contributed by atoms with Gasteiger partial charge in [-0.15, -0.1) is 5.10 Å². The summed E-state index contributed by atoms with van der Waals surface area (Å²) < 4.78 is 64.6. The van der Waals surface area contributed by atoms with Gasteiger partial charge in [-0.05, 0) is 145 Å². The fourth-order valence-electron chi connectivity index (χ4n) is 13.0. The van der Waals surface area contributed by atoms with Crippen LogP contribution in [0, 0.1) is 23.7 Å². The monoisotopic (exact) mass is 1800 g/mol. The molecule has 2 aromatic carbocycles. The lowest BCUT2D eigenvalue weighted by Crippen LogP contribution is -2.57. The first-order valence-corrected chi connectivity index (χ1v) is 45.7. The number of aryl methyl sites for hydroxylation is 1. The van der Waals surface area contributed by atoms with Crippen LogP contribution in [-0.2, 0) is 109 Å². The van der Waals surface area contributed by atoms with Gasteiger partial charge in [-0.2, -0.15) is 4.31 Å². The van der Waals surface area contributed by atoms with Gasteiger partial charge in [0.1, 0.15) is 55.1 Å². The summed E-state index contributed by atoms with van der Waals surface area (Å²) in [5.41, 5.74) is 7.37. The van der Waals surface area contributed by atoms with E-state index in [1.165, 1.54) is 45.8 Å². The zero-order valence-corrected chi connectivity index (χ0v) is 76.3. The van der Waals surface area contributed by atoms with Crippen molar-refractivity contribution in [2.75, 3.05) is 58.8 Å². The Hall–Kier alpha value is -10.2. The number of phosphoric ester groups is 2. The Balaban J connectivity index is 1.25. The van der Waals surface area contributed by atoms with Crippen LogP contribution < -0.4 is 53.6 Å². The number of likely N-dealkylation sites (N-methyl/N-ethyl adjacent to an activating group) is 2. The lowest BCUT2D eigenvalue weighted by Gasteiger charge is -2.33. The standard InChI is InChI=1S/C84H133N15O24P2/c1-15-56(7)72-77(105)91-61(12)81(109)122-73(57(8)16-2)59(10)67(41-36-58(9)80(108)120-68(50-54(3)4)75(103)90-60(11)78(106)98(14)66(51-62-32-23-20-24-33-62)79(107)97(13)52-70(101)95-72)121-84(112)88-43-26-18-17-19-29-48-118-124(113,114)123-125(115,116)119-49-30-22-27-42-87-83(111)117-53-63-37-39-64(40-38-63)92-74(102)65(34-31-44-86-82(85)110)93-76(104)71(55(5)6)94-69(100)35-25-21-28-46-99-47-45-89-96-99/h16,20,23-24,32-33,36-40,45,47,54-56,59-61,65-68,71-73H,15,17-19,21-22,25-31,34-35,41-44,46,48-53H2,1-14H3,(H,87,111)(H,88,112)(H,90,103)(H,91,105)(H,92,102)(H,93,104)(H,94,100)(H,95,101)(H,113,114)(H,115,116)(H3,85,86,110)/b57-16+,58-36+/t56?,59-,60-,61+,65+,66+,67-,68+,71+,72-,73?/m0/s1. The number of allylic oxidation sites excluding steroid dienone is 1. The van der Waals surface area contributed by atoms with Gasteiger partial charge in [0.15, 0.2) is 6.10 Å². The Labute approximate surface area is 732 Å². The first-order chi connectivity index (χ1) is 59.1. The summed E-state index contributed by atoms with van der Waals surface area (Å²) in [6.45, 7) is 19.7. The highest BCUT2D eigenvalue weighted by Crippen LogP contribution is 2.60. The average Bonchev–Trinajstić information content (AvgIpc) is 0.999. The molecule has 1 aromatic heterocycles. The maximum atomic E-state index is 14.4.